The van der Waals surface area contributed by atoms with Gasteiger partial charge in [0.05, 0.1) is 5.82 Å². The van der Waals surface area contributed by atoms with Crippen LogP contribution in [0.2, 0.25) is 0 Å². The van der Waals surface area contributed by atoms with Crippen LogP contribution < -0.4 is 22.1 Å². The fourth-order valence-corrected chi connectivity index (χ4v) is 0.950. The van der Waals surface area contributed by atoms with Crippen molar-refractivity contribution < 1.29 is 4.79 Å². The molecule has 0 aromatic heterocycles. The Morgan fingerprint density at radius 2 is 2.06 bits per heavy atom. The van der Waals surface area contributed by atoms with Gasteiger partial charge in [0.25, 0.3) is 5.91 Å². The van der Waals surface area contributed by atoms with Gasteiger partial charge in [0.2, 0.25) is 0 Å². The predicted octanol–water partition coefficient (Wildman–Crippen LogP) is 0.626. The summed E-state index contributed by atoms with van der Waals surface area (Å²) in [5.74, 6) is -0.0992. The van der Waals surface area contributed by atoms with Gasteiger partial charge in [0, 0.05) is 5.70 Å². The van der Waals surface area contributed by atoms with E-state index in [0.29, 0.717) is 11.5 Å². The summed E-state index contributed by atoms with van der Waals surface area (Å²) in [6, 6.07) is 0. The van der Waals surface area contributed by atoms with Crippen molar-refractivity contribution in [3.8, 4) is 0 Å². The number of allylic oxidation sites excluding steroid dienone is 2. The van der Waals surface area contributed by atoms with Crippen molar-refractivity contribution in [2.24, 2.45) is 11.5 Å². The van der Waals surface area contributed by atoms with Gasteiger partial charge in [-0.2, -0.15) is 0 Å². The Balaban J connectivity index is 4.46. The molecule has 0 saturated heterocycles. The van der Waals surface area contributed by atoms with Crippen LogP contribution in [-0.2, 0) is 4.79 Å². The number of hydrogen-bond donors (Lipinski definition) is 4. The summed E-state index contributed by atoms with van der Waals surface area (Å²) >= 11 is 0. The number of nitrogens with two attached hydrogens (primary N) is 2. The van der Waals surface area contributed by atoms with E-state index in [1.54, 1.807) is 13.0 Å². The molecule has 0 saturated carbocycles. The first-order valence-corrected chi connectivity index (χ1v) is 5.13. The first-order chi connectivity index (χ1) is 7.52. The van der Waals surface area contributed by atoms with E-state index in [2.05, 4.69) is 17.2 Å². The average Bonchev–Trinajstić information content (AvgIpc) is 2.25. The minimum absolute atomic E-state index is 0.0905. The van der Waals surface area contributed by atoms with E-state index in [1.165, 1.54) is 6.20 Å². The summed E-state index contributed by atoms with van der Waals surface area (Å²) in [6.45, 7) is 7.18. The molecule has 0 aliphatic carbocycles. The molecule has 0 aliphatic heterocycles. The summed E-state index contributed by atoms with van der Waals surface area (Å²) in [7, 11) is 0. The second kappa shape index (κ2) is 7.39. The van der Waals surface area contributed by atoms with Crippen LogP contribution in [0.15, 0.2) is 36.1 Å². The highest BCUT2D eigenvalue weighted by Crippen LogP contribution is 1.96. The largest absolute Gasteiger partial charge is 0.393 e. The summed E-state index contributed by atoms with van der Waals surface area (Å²) < 4.78 is 0. The SMILES string of the molecule is C=CN/C(C)=C(\N)C(=O)N/C(N)=C/CCC. The lowest BCUT2D eigenvalue weighted by Gasteiger charge is -2.08. The fraction of sp³-hybridized carbons (Fsp3) is 0.364. The third kappa shape index (κ3) is 5.09. The number of rotatable bonds is 6. The van der Waals surface area contributed by atoms with Gasteiger partial charge in [0.15, 0.2) is 0 Å². The van der Waals surface area contributed by atoms with Crippen molar-refractivity contribution in [3.05, 3.63) is 36.1 Å². The standard InChI is InChI=1S/C11H20N4O/c1-4-6-7-9(12)15-11(16)10(13)8(3)14-5-2/h5,7,14H,2,4,6,12-13H2,1,3H3,(H,15,16)/b9-7+,10-8-. The number of carbonyl (C=O) groups excluding carboxylic acids is 1. The second-order valence-electron chi connectivity index (χ2n) is 3.29. The molecular formula is C11H20N4O. The molecule has 0 radical (unpaired) electrons. The van der Waals surface area contributed by atoms with E-state index < -0.39 is 5.91 Å². The number of nitrogens with one attached hydrogen (secondary N) is 2. The van der Waals surface area contributed by atoms with Crippen molar-refractivity contribution in [2.45, 2.75) is 26.7 Å². The van der Waals surface area contributed by atoms with Crippen LogP contribution in [0.1, 0.15) is 26.7 Å². The molecule has 0 bridgehead atoms. The van der Waals surface area contributed by atoms with Crippen molar-refractivity contribution in [2.75, 3.05) is 0 Å². The normalized spacial score (nSPS) is 12.8. The molecule has 0 heterocycles. The van der Waals surface area contributed by atoms with Crippen molar-refractivity contribution >= 4 is 5.91 Å². The van der Waals surface area contributed by atoms with Gasteiger partial charge >= 0.3 is 0 Å². The first kappa shape index (κ1) is 14.1. The molecule has 0 fully saturated rings. The van der Waals surface area contributed by atoms with Crippen LogP contribution in [-0.4, -0.2) is 5.91 Å². The maximum Gasteiger partial charge on any atom is 0.274 e. The van der Waals surface area contributed by atoms with Crippen LogP contribution in [0.3, 0.4) is 0 Å². The Morgan fingerprint density at radius 1 is 1.44 bits per heavy atom. The molecule has 0 aromatic rings. The van der Waals surface area contributed by atoms with Crippen molar-refractivity contribution in [1.82, 2.24) is 10.6 Å². The molecule has 6 N–H and O–H groups in total. The minimum Gasteiger partial charge on any atom is -0.393 e. The van der Waals surface area contributed by atoms with E-state index >= 15 is 0 Å². The van der Waals surface area contributed by atoms with Crippen molar-refractivity contribution in [3.63, 3.8) is 0 Å². The Labute approximate surface area is 96.3 Å². The fourth-order valence-electron chi connectivity index (χ4n) is 0.950. The van der Waals surface area contributed by atoms with Gasteiger partial charge in [-0.1, -0.05) is 19.9 Å². The Kier molecular flexibility index (Phi) is 6.51. The summed E-state index contributed by atoms with van der Waals surface area (Å²) in [5.41, 5.74) is 11.8. The topological polar surface area (TPSA) is 93.2 Å². The van der Waals surface area contributed by atoms with Gasteiger partial charge in [-0.05, 0) is 25.6 Å². The summed E-state index contributed by atoms with van der Waals surface area (Å²) in [4.78, 5) is 11.5. The Hall–Kier alpha value is -1.91. The van der Waals surface area contributed by atoms with E-state index in [-0.39, 0.29) is 5.70 Å². The lowest BCUT2D eigenvalue weighted by atomic mass is 10.3. The Bertz CT molecular complexity index is 318. The predicted molar refractivity (Wildman–Crippen MR) is 65.5 cm³/mol. The zero-order valence-electron chi connectivity index (χ0n) is 9.84. The molecule has 5 nitrogen and oxygen atoms in total. The van der Waals surface area contributed by atoms with E-state index in [1.807, 2.05) is 6.92 Å². The van der Waals surface area contributed by atoms with Crippen LogP contribution in [0, 0.1) is 0 Å². The highest BCUT2D eigenvalue weighted by atomic mass is 16.2. The molecule has 90 valence electrons. The number of unbranched alkanes of at least 4 members (excludes halogenated alkanes) is 1. The first-order valence-electron chi connectivity index (χ1n) is 5.13. The lowest BCUT2D eigenvalue weighted by Crippen LogP contribution is -2.33. The Morgan fingerprint density at radius 3 is 2.56 bits per heavy atom. The maximum absolute atomic E-state index is 11.5. The van der Waals surface area contributed by atoms with E-state index in [9.17, 15) is 4.79 Å². The molecule has 16 heavy (non-hydrogen) atoms. The third-order valence-corrected chi connectivity index (χ3v) is 1.88. The number of carbonyl (C=O) groups is 1. The smallest absolute Gasteiger partial charge is 0.274 e. The van der Waals surface area contributed by atoms with Crippen LogP contribution in [0.5, 0.6) is 0 Å². The monoisotopic (exact) mass is 224 g/mol. The zero-order valence-corrected chi connectivity index (χ0v) is 9.84. The molecule has 0 aromatic carbocycles. The van der Waals surface area contributed by atoms with E-state index in [0.717, 1.165) is 12.8 Å². The van der Waals surface area contributed by atoms with E-state index in [4.69, 9.17) is 11.5 Å². The quantitative estimate of drug-likeness (QED) is 0.498. The highest BCUT2D eigenvalue weighted by Gasteiger charge is 2.08. The summed E-state index contributed by atoms with van der Waals surface area (Å²) in [6.07, 6.45) is 4.99. The van der Waals surface area contributed by atoms with Gasteiger partial charge in [0.1, 0.15) is 5.70 Å². The van der Waals surface area contributed by atoms with Crippen LogP contribution in [0.4, 0.5) is 0 Å². The third-order valence-electron chi connectivity index (χ3n) is 1.88. The zero-order chi connectivity index (χ0) is 12.6. The maximum atomic E-state index is 11.5. The number of amides is 1. The van der Waals surface area contributed by atoms with Gasteiger partial charge in [-0.3, -0.25) is 4.79 Å². The molecule has 0 atom stereocenters. The molecule has 0 aliphatic rings. The minimum atomic E-state index is -0.420. The second-order valence-corrected chi connectivity index (χ2v) is 3.29. The van der Waals surface area contributed by atoms with Crippen LogP contribution >= 0.6 is 0 Å². The summed E-state index contributed by atoms with van der Waals surface area (Å²) in [5, 5.41) is 5.24. The molecule has 5 heteroatoms. The van der Waals surface area contributed by atoms with Gasteiger partial charge in [-0.15, -0.1) is 0 Å². The molecule has 0 spiro atoms. The molecular weight excluding hydrogens is 204 g/mol. The molecule has 1 amide bonds. The molecule has 0 unspecified atom stereocenters. The highest BCUT2D eigenvalue weighted by molar-refractivity contribution is 5.94. The molecule has 0 rings (SSSR count). The lowest BCUT2D eigenvalue weighted by molar-refractivity contribution is -0.117. The van der Waals surface area contributed by atoms with Crippen molar-refractivity contribution in [1.29, 1.82) is 0 Å². The van der Waals surface area contributed by atoms with Gasteiger partial charge in [-0.25, -0.2) is 0 Å². The average molecular weight is 224 g/mol. The number of hydrogen-bond acceptors (Lipinski definition) is 4. The van der Waals surface area contributed by atoms with Gasteiger partial charge < -0.3 is 22.1 Å². The van der Waals surface area contributed by atoms with Crippen LogP contribution in [0.25, 0.3) is 0 Å².